The maximum atomic E-state index is 14.4. The summed E-state index contributed by atoms with van der Waals surface area (Å²) in [5.41, 5.74) is -2.48. The number of piperidine rings is 1. The van der Waals surface area contributed by atoms with Gasteiger partial charge in [-0.3, -0.25) is 19.2 Å². The molecule has 1 aromatic heterocycles. The maximum absolute atomic E-state index is 14.4. The molecule has 2 heterocycles. The minimum Gasteiger partial charge on any atom is -0.346 e. The third-order valence-corrected chi connectivity index (χ3v) is 12.6. The number of urea groups is 1. The number of nitrogens with one attached hydrogen (secondary N) is 4. The summed E-state index contributed by atoms with van der Waals surface area (Å²) in [6, 6.07) is -0.471. The van der Waals surface area contributed by atoms with E-state index in [1.54, 1.807) is 32.9 Å². The lowest BCUT2D eigenvalue weighted by Crippen LogP contribution is -2.64. The van der Waals surface area contributed by atoms with Gasteiger partial charge in [0.05, 0.1) is 17.3 Å². The van der Waals surface area contributed by atoms with Crippen LogP contribution in [-0.4, -0.2) is 96.5 Å². The first kappa shape index (κ1) is 41.7. The molecule has 1 aliphatic heterocycles. The fourth-order valence-electron chi connectivity index (χ4n) is 7.78. The molecule has 1 aromatic rings. The topological polar surface area (TPSA) is 184 Å². The Morgan fingerprint density at radius 1 is 1.06 bits per heavy atom. The van der Waals surface area contributed by atoms with Gasteiger partial charge in [0.15, 0.2) is 14.9 Å². The molecule has 3 fully saturated rings. The maximum Gasteiger partial charge on any atom is 0.389 e. The van der Waals surface area contributed by atoms with Gasteiger partial charge in [-0.2, -0.15) is 13.2 Å². The molecule has 4 N–H and O–H groups in total. The van der Waals surface area contributed by atoms with Crippen LogP contribution in [0.25, 0.3) is 0 Å². The van der Waals surface area contributed by atoms with Crippen LogP contribution in [-0.2, 0) is 29.0 Å². The quantitative estimate of drug-likeness (QED) is 0.164. The second kappa shape index (κ2) is 15.8. The number of hydrogen-bond donors (Lipinski definition) is 4. The average molecular weight is 769 g/mol. The molecule has 0 aromatic carbocycles. The Kier molecular flexibility index (Phi) is 12.4. The minimum atomic E-state index is -4.68. The summed E-state index contributed by atoms with van der Waals surface area (Å²) < 4.78 is 66.5. The number of carbonyl (C=O) groups excluding carboxylic acids is 5. The molecule has 4 rings (SSSR count). The number of pyridine rings is 1. The van der Waals surface area contributed by atoms with Crippen molar-refractivity contribution in [3.05, 3.63) is 37.1 Å². The highest BCUT2D eigenvalue weighted by atomic mass is 32.2. The van der Waals surface area contributed by atoms with E-state index in [-0.39, 0.29) is 24.0 Å². The predicted molar refractivity (Wildman–Crippen MR) is 189 cm³/mol. The van der Waals surface area contributed by atoms with Crippen molar-refractivity contribution in [3.63, 3.8) is 0 Å². The molecule has 0 bridgehead atoms. The molecule has 0 radical (unpaired) electrons. The van der Waals surface area contributed by atoms with Crippen molar-refractivity contribution in [1.82, 2.24) is 31.2 Å². The number of aromatic nitrogens is 1. The number of sulfone groups is 1. The van der Waals surface area contributed by atoms with Crippen LogP contribution in [0.1, 0.15) is 79.6 Å². The van der Waals surface area contributed by atoms with Crippen LogP contribution < -0.4 is 21.3 Å². The van der Waals surface area contributed by atoms with Crippen molar-refractivity contribution >= 4 is 39.4 Å². The summed E-state index contributed by atoms with van der Waals surface area (Å²) >= 11 is 0. The van der Waals surface area contributed by atoms with Crippen LogP contribution in [0.5, 0.6) is 0 Å². The highest BCUT2D eigenvalue weighted by Crippen LogP contribution is 2.65. The fourth-order valence-corrected chi connectivity index (χ4v) is 9.53. The van der Waals surface area contributed by atoms with Gasteiger partial charge in [0, 0.05) is 25.7 Å². The lowest BCUT2D eigenvalue weighted by atomic mass is 9.83. The van der Waals surface area contributed by atoms with E-state index >= 15 is 0 Å². The molecule has 17 heteroatoms. The molecule has 294 valence electrons. The summed E-state index contributed by atoms with van der Waals surface area (Å²) in [4.78, 5) is 72.8. The Labute approximate surface area is 308 Å². The van der Waals surface area contributed by atoms with E-state index in [9.17, 15) is 45.6 Å². The van der Waals surface area contributed by atoms with E-state index in [1.807, 2.05) is 13.8 Å². The normalized spacial score (nSPS) is 23.1. The van der Waals surface area contributed by atoms with Crippen molar-refractivity contribution < 1.29 is 45.6 Å². The number of hydrogen-bond acceptors (Lipinski definition) is 8. The number of amides is 5. The Morgan fingerprint density at radius 3 is 2.28 bits per heavy atom. The van der Waals surface area contributed by atoms with Crippen LogP contribution in [0.3, 0.4) is 0 Å². The summed E-state index contributed by atoms with van der Waals surface area (Å²) in [7, 11) is -3.91. The lowest BCUT2D eigenvalue weighted by Gasteiger charge is -2.40. The number of alkyl halides is 3. The van der Waals surface area contributed by atoms with Crippen LogP contribution in [0.4, 0.5) is 18.0 Å². The molecule has 53 heavy (non-hydrogen) atoms. The van der Waals surface area contributed by atoms with Crippen molar-refractivity contribution in [2.24, 2.45) is 22.7 Å². The second-order valence-electron chi connectivity index (χ2n) is 16.1. The Hall–Kier alpha value is -4.02. The zero-order chi connectivity index (χ0) is 39.6. The van der Waals surface area contributed by atoms with Gasteiger partial charge in [-0.1, -0.05) is 66.0 Å². The first-order valence-electron chi connectivity index (χ1n) is 17.9. The van der Waals surface area contributed by atoms with E-state index in [0.717, 1.165) is 6.42 Å². The number of ketones is 1. The van der Waals surface area contributed by atoms with E-state index < -0.39 is 105 Å². The summed E-state index contributed by atoms with van der Waals surface area (Å²) in [6.07, 6.45) is -1.39. The number of carbonyl (C=O) groups is 5. The SMILES string of the molecule is C=CCNC(=O)C(=O)C(CCC(F)(F)F)NC(=O)[C@@H]1C2[C@H](CN1C(=O)[C@@H](NC(=O)NC1(CS(=O)(=O)c3ccccn3)CCCCC1)C(C)(C)C)C2(C)C. The summed E-state index contributed by atoms with van der Waals surface area (Å²) in [6.45, 7) is 12.3. The van der Waals surface area contributed by atoms with E-state index in [2.05, 4.69) is 32.8 Å². The third kappa shape index (κ3) is 9.95. The first-order valence-corrected chi connectivity index (χ1v) is 19.5. The molecule has 2 aliphatic carbocycles. The van der Waals surface area contributed by atoms with Crippen molar-refractivity contribution in [2.45, 2.75) is 114 Å². The monoisotopic (exact) mass is 768 g/mol. The average Bonchev–Trinajstić information content (AvgIpc) is 3.37. The van der Waals surface area contributed by atoms with Gasteiger partial charge < -0.3 is 26.2 Å². The van der Waals surface area contributed by atoms with Gasteiger partial charge in [-0.05, 0) is 54.1 Å². The highest BCUT2D eigenvalue weighted by Gasteiger charge is 2.70. The van der Waals surface area contributed by atoms with Gasteiger partial charge in [-0.15, -0.1) is 6.58 Å². The molecule has 3 aliphatic rings. The molecule has 2 saturated carbocycles. The second-order valence-corrected chi connectivity index (χ2v) is 18.1. The number of fused-ring (bicyclic) bond motifs is 1. The molecule has 5 amide bonds. The summed E-state index contributed by atoms with van der Waals surface area (Å²) in [5, 5.41) is 10.1. The number of likely N-dealkylation sites (tertiary alicyclic amines) is 1. The van der Waals surface area contributed by atoms with Crippen molar-refractivity contribution in [1.29, 1.82) is 0 Å². The smallest absolute Gasteiger partial charge is 0.346 e. The molecular formula is C36H51F3N6O7S. The van der Waals surface area contributed by atoms with Crippen LogP contribution in [0.2, 0.25) is 0 Å². The van der Waals surface area contributed by atoms with Crippen molar-refractivity contribution in [2.75, 3.05) is 18.8 Å². The van der Waals surface area contributed by atoms with E-state index in [4.69, 9.17) is 0 Å². The zero-order valence-electron chi connectivity index (χ0n) is 30.8. The largest absolute Gasteiger partial charge is 0.389 e. The van der Waals surface area contributed by atoms with Crippen LogP contribution in [0.15, 0.2) is 42.1 Å². The van der Waals surface area contributed by atoms with Crippen molar-refractivity contribution in [3.8, 4) is 0 Å². The van der Waals surface area contributed by atoms with Crippen LogP contribution >= 0.6 is 0 Å². The standard InChI is InChI=1S/C36H51F3N6O7S/c1-7-18-41-30(48)27(46)23(14-17-36(37,38)39)42-29(47)26-25-22(34(25,5)6)20-45(26)31(49)28(33(2,3)4)43-32(50)44-35(15-10-8-11-16-35)21-53(51,52)24-13-9-12-19-40-24/h7,9,12-13,19,22-23,25-26,28H,1,8,10-11,14-18,20-21H2,2-6H3,(H,41,48)(H,42,47)(H2,43,44,50)/t22-,23?,25?,26-,28+/m0/s1. The number of nitrogens with zero attached hydrogens (tertiary/aromatic N) is 2. The molecule has 5 atom stereocenters. The van der Waals surface area contributed by atoms with Gasteiger partial charge in [0.25, 0.3) is 5.91 Å². The van der Waals surface area contributed by atoms with Gasteiger partial charge in [-0.25, -0.2) is 18.2 Å². The van der Waals surface area contributed by atoms with Gasteiger partial charge in [0.1, 0.15) is 12.1 Å². The number of rotatable bonds is 14. The predicted octanol–water partition coefficient (Wildman–Crippen LogP) is 3.45. The molecule has 0 spiro atoms. The highest BCUT2D eigenvalue weighted by molar-refractivity contribution is 7.91. The number of halogens is 3. The fraction of sp³-hybridized carbons (Fsp3) is 0.667. The molecular weight excluding hydrogens is 717 g/mol. The Bertz CT molecular complexity index is 1670. The molecule has 2 unspecified atom stereocenters. The van der Waals surface area contributed by atoms with Gasteiger partial charge in [0.2, 0.25) is 17.6 Å². The third-order valence-electron chi connectivity index (χ3n) is 10.7. The van der Waals surface area contributed by atoms with E-state index in [1.165, 1.54) is 23.2 Å². The molecule has 1 saturated heterocycles. The molecule has 13 nitrogen and oxygen atoms in total. The van der Waals surface area contributed by atoms with Crippen LogP contribution in [0, 0.1) is 22.7 Å². The minimum absolute atomic E-state index is 0.109. The Balaban J connectivity index is 1.57. The summed E-state index contributed by atoms with van der Waals surface area (Å²) in [5.74, 6) is -4.92. The van der Waals surface area contributed by atoms with E-state index in [0.29, 0.717) is 25.7 Å². The lowest BCUT2D eigenvalue weighted by molar-refractivity contribution is -0.148. The Morgan fingerprint density at radius 2 is 1.72 bits per heavy atom. The first-order chi connectivity index (χ1) is 24.5. The van der Waals surface area contributed by atoms with Gasteiger partial charge >= 0.3 is 12.2 Å². The number of Topliss-reactive ketones (excluding diaryl/α,β-unsaturated/α-hetero) is 1. The zero-order valence-corrected chi connectivity index (χ0v) is 31.7.